The number of esters is 1. The lowest BCUT2D eigenvalue weighted by molar-refractivity contribution is -0.147. The number of halogens is 2. The Morgan fingerprint density at radius 2 is 1.32 bits per heavy atom. The van der Waals surface area contributed by atoms with Crippen molar-refractivity contribution in [1.82, 2.24) is 0 Å². The van der Waals surface area contributed by atoms with Gasteiger partial charge in [-0.3, -0.25) is 14.4 Å². The number of hydrogen-bond acceptors (Lipinski definition) is 6. The first kappa shape index (κ1) is 24.3. The van der Waals surface area contributed by atoms with Gasteiger partial charge in [-0.05, 0) is 42.8 Å². The third-order valence-corrected chi connectivity index (χ3v) is 4.49. The van der Waals surface area contributed by atoms with Crippen LogP contribution in [0.2, 0.25) is 10.0 Å². The number of nitrogens with one attached hydrogen (secondary N) is 2. The lowest BCUT2D eigenvalue weighted by Gasteiger charge is -2.11. The molecule has 0 atom stereocenters. The summed E-state index contributed by atoms with van der Waals surface area (Å²) in [4.78, 5) is 35.9. The monoisotopic (exact) mass is 468 g/mol. The minimum Gasteiger partial charge on any atom is -0.495 e. The molecule has 2 aromatic rings. The largest absolute Gasteiger partial charge is 0.495 e. The van der Waals surface area contributed by atoms with Gasteiger partial charge >= 0.3 is 5.97 Å². The van der Waals surface area contributed by atoms with Crippen molar-refractivity contribution in [2.45, 2.75) is 19.3 Å². The number of anilines is 2. The molecule has 0 aliphatic heterocycles. The molecule has 2 aromatic carbocycles. The van der Waals surface area contributed by atoms with Crippen molar-refractivity contribution in [2.24, 2.45) is 0 Å². The van der Waals surface area contributed by atoms with Crippen molar-refractivity contribution in [3.8, 4) is 11.5 Å². The summed E-state index contributed by atoms with van der Waals surface area (Å²) in [6.07, 6.45) is 0.307. The van der Waals surface area contributed by atoms with E-state index in [-0.39, 0.29) is 25.2 Å². The van der Waals surface area contributed by atoms with Gasteiger partial charge in [0.15, 0.2) is 6.61 Å². The number of carbonyl (C=O) groups excluding carboxylic acids is 3. The standard InChI is InChI=1S/C21H22Cl2N2O6/c1-29-17-8-6-13(22)10-15(17)24-19(26)4-3-5-21(28)31-12-20(27)25-16-11-14(23)7-9-18(16)30-2/h6-11H,3-5,12H2,1-2H3,(H,24,26)(H,25,27). The van der Waals surface area contributed by atoms with Gasteiger partial charge in [-0.1, -0.05) is 23.2 Å². The van der Waals surface area contributed by atoms with E-state index in [4.69, 9.17) is 37.4 Å². The molecule has 0 fully saturated rings. The highest BCUT2D eigenvalue weighted by Gasteiger charge is 2.13. The molecule has 2 N–H and O–H groups in total. The second-order valence-electron chi connectivity index (χ2n) is 6.30. The molecule has 0 spiro atoms. The highest BCUT2D eigenvalue weighted by Crippen LogP contribution is 2.28. The Morgan fingerprint density at radius 3 is 1.84 bits per heavy atom. The number of methoxy groups -OCH3 is 2. The SMILES string of the molecule is COc1ccc(Cl)cc1NC(=O)CCCC(=O)OCC(=O)Nc1cc(Cl)ccc1OC. The Bertz CT molecular complexity index is 951. The van der Waals surface area contributed by atoms with Crippen LogP contribution in [-0.4, -0.2) is 38.6 Å². The Hall–Kier alpha value is -2.97. The Labute approximate surface area is 189 Å². The third kappa shape index (κ3) is 7.99. The zero-order valence-electron chi connectivity index (χ0n) is 17.0. The first-order valence-corrected chi connectivity index (χ1v) is 10.0. The molecule has 0 bridgehead atoms. The molecule has 2 rings (SSSR count). The van der Waals surface area contributed by atoms with Crippen LogP contribution in [0.1, 0.15) is 19.3 Å². The maximum Gasteiger partial charge on any atom is 0.306 e. The van der Waals surface area contributed by atoms with E-state index in [2.05, 4.69) is 10.6 Å². The van der Waals surface area contributed by atoms with E-state index < -0.39 is 18.5 Å². The predicted octanol–water partition coefficient (Wildman–Crippen LogP) is 4.30. The molecule has 0 radical (unpaired) electrons. The maximum absolute atomic E-state index is 12.1. The second-order valence-corrected chi connectivity index (χ2v) is 7.17. The fourth-order valence-corrected chi connectivity index (χ4v) is 2.91. The topological polar surface area (TPSA) is 103 Å². The molecule has 0 aromatic heterocycles. The fourth-order valence-electron chi connectivity index (χ4n) is 2.57. The summed E-state index contributed by atoms with van der Waals surface area (Å²) >= 11 is 11.8. The predicted molar refractivity (Wildman–Crippen MR) is 118 cm³/mol. The van der Waals surface area contributed by atoms with Crippen LogP contribution in [0.4, 0.5) is 11.4 Å². The smallest absolute Gasteiger partial charge is 0.306 e. The van der Waals surface area contributed by atoms with Gasteiger partial charge in [-0.15, -0.1) is 0 Å². The van der Waals surface area contributed by atoms with Gasteiger partial charge < -0.3 is 24.8 Å². The van der Waals surface area contributed by atoms with Crippen LogP contribution < -0.4 is 20.1 Å². The minimum absolute atomic E-state index is 0.0200. The molecule has 8 nitrogen and oxygen atoms in total. The molecule has 0 heterocycles. The minimum atomic E-state index is -0.596. The molecular weight excluding hydrogens is 447 g/mol. The molecular formula is C21H22Cl2N2O6. The van der Waals surface area contributed by atoms with Crippen LogP contribution in [0, 0.1) is 0 Å². The second kappa shape index (κ2) is 12.0. The van der Waals surface area contributed by atoms with Crippen molar-refractivity contribution in [3.63, 3.8) is 0 Å². The van der Waals surface area contributed by atoms with Crippen LogP contribution >= 0.6 is 23.2 Å². The molecule has 0 aliphatic carbocycles. The summed E-state index contributed by atoms with van der Waals surface area (Å²) < 4.78 is 15.2. The van der Waals surface area contributed by atoms with Gasteiger partial charge in [0.1, 0.15) is 11.5 Å². The van der Waals surface area contributed by atoms with E-state index in [9.17, 15) is 14.4 Å². The van der Waals surface area contributed by atoms with Crippen LogP contribution in [-0.2, 0) is 19.1 Å². The van der Waals surface area contributed by atoms with Gasteiger partial charge in [0, 0.05) is 22.9 Å². The average Bonchev–Trinajstić information content (AvgIpc) is 2.72. The van der Waals surface area contributed by atoms with E-state index in [1.165, 1.54) is 20.3 Å². The molecule has 0 aliphatic rings. The summed E-state index contributed by atoms with van der Waals surface area (Å²) in [5.41, 5.74) is 0.805. The normalized spacial score (nSPS) is 10.2. The molecule has 166 valence electrons. The van der Waals surface area contributed by atoms with Crippen LogP contribution in [0.3, 0.4) is 0 Å². The summed E-state index contributed by atoms with van der Waals surface area (Å²) in [6, 6.07) is 9.60. The zero-order valence-corrected chi connectivity index (χ0v) is 18.5. The molecule has 0 unspecified atom stereocenters. The van der Waals surface area contributed by atoms with Gasteiger partial charge in [0.05, 0.1) is 25.6 Å². The van der Waals surface area contributed by atoms with Crippen molar-refractivity contribution >= 4 is 52.4 Å². The molecule has 0 saturated heterocycles. The lowest BCUT2D eigenvalue weighted by atomic mass is 10.2. The summed E-state index contributed by atoms with van der Waals surface area (Å²) in [6.45, 7) is -0.472. The van der Waals surface area contributed by atoms with Gasteiger partial charge in [-0.2, -0.15) is 0 Å². The Morgan fingerprint density at radius 1 is 0.806 bits per heavy atom. The Kier molecular flexibility index (Phi) is 9.42. The third-order valence-electron chi connectivity index (χ3n) is 4.02. The fraction of sp³-hybridized carbons (Fsp3) is 0.286. The first-order chi connectivity index (χ1) is 14.8. The zero-order chi connectivity index (χ0) is 22.8. The first-order valence-electron chi connectivity index (χ1n) is 9.24. The highest BCUT2D eigenvalue weighted by molar-refractivity contribution is 6.31. The molecule has 2 amide bonds. The van der Waals surface area contributed by atoms with Crippen molar-refractivity contribution in [1.29, 1.82) is 0 Å². The van der Waals surface area contributed by atoms with Gasteiger partial charge in [-0.25, -0.2) is 0 Å². The van der Waals surface area contributed by atoms with Crippen LogP contribution in [0.15, 0.2) is 36.4 Å². The van der Waals surface area contributed by atoms with Crippen LogP contribution in [0.5, 0.6) is 11.5 Å². The maximum atomic E-state index is 12.1. The quantitative estimate of drug-likeness (QED) is 0.503. The summed E-state index contributed by atoms with van der Waals surface area (Å²) in [5, 5.41) is 6.11. The summed E-state index contributed by atoms with van der Waals surface area (Å²) in [5.74, 6) is -0.550. The number of amides is 2. The molecule has 31 heavy (non-hydrogen) atoms. The van der Waals surface area contributed by atoms with E-state index in [1.54, 1.807) is 30.3 Å². The molecule has 0 saturated carbocycles. The van der Waals surface area contributed by atoms with Crippen molar-refractivity contribution in [3.05, 3.63) is 46.4 Å². The lowest BCUT2D eigenvalue weighted by Crippen LogP contribution is -2.21. The van der Waals surface area contributed by atoms with Gasteiger partial charge in [0.2, 0.25) is 5.91 Å². The number of ether oxygens (including phenoxy) is 3. The van der Waals surface area contributed by atoms with Crippen molar-refractivity contribution < 1.29 is 28.6 Å². The molecule has 10 heteroatoms. The number of carbonyl (C=O) groups is 3. The van der Waals surface area contributed by atoms with Gasteiger partial charge in [0.25, 0.3) is 5.91 Å². The van der Waals surface area contributed by atoms with E-state index in [1.807, 2.05) is 0 Å². The number of benzene rings is 2. The Balaban J connectivity index is 1.72. The van der Waals surface area contributed by atoms with E-state index in [0.29, 0.717) is 32.9 Å². The number of hydrogen-bond donors (Lipinski definition) is 2. The van der Waals surface area contributed by atoms with Crippen LogP contribution in [0.25, 0.3) is 0 Å². The number of rotatable bonds is 10. The van der Waals surface area contributed by atoms with E-state index >= 15 is 0 Å². The van der Waals surface area contributed by atoms with E-state index in [0.717, 1.165) is 0 Å². The summed E-state index contributed by atoms with van der Waals surface area (Å²) in [7, 11) is 2.94. The average molecular weight is 469 g/mol. The van der Waals surface area contributed by atoms with Crippen molar-refractivity contribution in [2.75, 3.05) is 31.5 Å². The highest BCUT2D eigenvalue weighted by atomic mass is 35.5.